The van der Waals surface area contributed by atoms with Gasteiger partial charge in [0.25, 0.3) is 0 Å². The van der Waals surface area contributed by atoms with Crippen LogP contribution in [0.15, 0.2) is 72.8 Å². The van der Waals surface area contributed by atoms with E-state index in [1.807, 2.05) is 24.3 Å². The van der Waals surface area contributed by atoms with Gasteiger partial charge in [-0.15, -0.1) is 0 Å². The van der Waals surface area contributed by atoms with Gasteiger partial charge in [-0.25, -0.2) is 0 Å². The third kappa shape index (κ3) is 5.35. The number of carbonyl (C=O) groups excluding carboxylic acids is 1. The zero-order chi connectivity index (χ0) is 19.2. The molecular formula is C23H21Cl2NO. The number of benzene rings is 3. The Morgan fingerprint density at radius 1 is 0.852 bits per heavy atom. The van der Waals surface area contributed by atoms with Crippen LogP contribution >= 0.6 is 23.2 Å². The van der Waals surface area contributed by atoms with E-state index in [1.54, 1.807) is 24.3 Å². The first-order chi connectivity index (χ1) is 13.0. The number of anilines is 1. The van der Waals surface area contributed by atoms with Crippen LogP contribution in [0.4, 0.5) is 5.69 Å². The molecule has 0 aliphatic rings. The quantitative estimate of drug-likeness (QED) is 0.435. The first-order valence-corrected chi connectivity index (χ1v) is 9.70. The lowest BCUT2D eigenvalue weighted by Gasteiger charge is -2.20. The maximum atomic E-state index is 12.8. The number of hydrogen-bond acceptors (Lipinski definition) is 2. The Balaban J connectivity index is 1.84. The summed E-state index contributed by atoms with van der Waals surface area (Å²) in [6.45, 7) is 2.13. The second-order valence-electron chi connectivity index (χ2n) is 6.43. The predicted octanol–water partition coefficient (Wildman–Crippen LogP) is 6.98. The first kappa shape index (κ1) is 19.5. The number of nitrogens with one attached hydrogen (secondary N) is 1. The molecule has 0 aliphatic heterocycles. The van der Waals surface area contributed by atoms with Crippen molar-refractivity contribution >= 4 is 34.7 Å². The molecule has 3 aromatic carbocycles. The van der Waals surface area contributed by atoms with Gasteiger partial charge < -0.3 is 5.32 Å². The number of rotatable bonds is 7. The molecule has 0 unspecified atom stereocenters. The molecule has 0 saturated heterocycles. The third-order valence-electron chi connectivity index (χ3n) is 4.53. The summed E-state index contributed by atoms with van der Waals surface area (Å²) in [5, 5.41) is 4.77. The maximum absolute atomic E-state index is 12.8. The molecule has 0 bridgehead atoms. The predicted molar refractivity (Wildman–Crippen MR) is 114 cm³/mol. The molecule has 0 aromatic heterocycles. The number of Topliss-reactive ketones (excluding diaryl/α,β-unsaturated/α-hetero) is 1. The average molecular weight is 398 g/mol. The summed E-state index contributed by atoms with van der Waals surface area (Å²) in [7, 11) is 0. The Kier molecular flexibility index (Phi) is 6.54. The van der Waals surface area contributed by atoms with Crippen LogP contribution in [0, 0.1) is 0 Å². The van der Waals surface area contributed by atoms with Gasteiger partial charge in [-0.05, 0) is 66.1 Å². The molecule has 0 fully saturated rings. The molecule has 0 saturated carbocycles. The van der Waals surface area contributed by atoms with Crippen LogP contribution in [0.2, 0.25) is 10.0 Å². The molecule has 4 heteroatoms. The Morgan fingerprint density at radius 3 is 1.96 bits per heavy atom. The van der Waals surface area contributed by atoms with Crippen molar-refractivity contribution in [1.29, 1.82) is 0 Å². The van der Waals surface area contributed by atoms with Gasteiger partial charge in [0.05, 0.1) is 6.04 Å². The molecule has 1 N–H and O–H groups in total. The third-order valence-corrected chi connectivity index (χ3v) is 5.04. The van der Waals surface area contributed by atoms with Crippen LogP contribution in [0.3, 0.4) is 0 Å². The van der Waals surface area contributed by atoms with Crippen LogP contribution < -0.4 is 5.32 Å². The Labute approximate surface area is 170 Å². The van der Waals surface area contributed by atoms with Crippen LogP contribution in [0.25, 0.3) is 0 Å². The summed E-state index contributed by atoms with van der Waals surface area (Å²) in [6.07, 6.45) is 1.33. The summed E-state index contributed by atoms with van der Waals surface area (Å²) in [4.78, 5) is 12.8. The molecule has 0 heterocycles. The van der Waals surface area contributed by atoms with Crippen LogP contribution in [-0.2, 0) is 6.42 Å². The van der Waals surface area contributed by atoms with E-state index in [1.165, 1.54) is 5.56 Å². The standard InChI is InChI=1S/C23H21Cl2NO/c1-2-16-3-5-17(6-4-16)22(26-21-13-11-20(25)12-14-21)15-23(27)18-7-9-19(24)10-8-18/h3-14,22,26H,2,15H2,1H3/t22-/m1/s1. The van der Waals surface area contributed by atoms with Gasteiger partial charge in [-0.2, -0.15) is 0 Å². The lowest BCUT2D eigenvalue weighted by atomic mass is 9.96. The molecule has 0 radical (unpaired) electrons. The molecular weight excluding hydrogens is 377 g/mol. The minimum Gasteiger partial charge on any atom is -0.378 e. The van der Waals surface area contributed by atoms with Crippen LogP contribution in [-0.4, -0.2) is 5.78 Å². The summed E-state index contributed by atoms with van der Waals surface area (Å²) in [5.41, 5.74) is 3.93. The number of hydrogen-bond donors (Lipinski definition) is 1. The van der Waals surface area contributed by atoms with Crippen molar-refractivity contribution in [3.63, 3.8) is 0 Å². The molecule has 0 spiro atoms. The van der Waals surface area contributed by atoms with Gasteiger partial charge in [0.2, 0.25) is 0 Å². The smallest absolute Gasteiger partial charge is 0.165 e. The largest absolute Gasteiger partial charge is 0.378 e. The van der Waals surface area contributed by atoms with E-state index in [0.29, 0.717) is 22.0 Å². The molecule has 0 aliphatic carbocycles. The monoisotopic (exact) mass is 397 g/mol. The number of aryl methyl sites for hydroxylation is 1. The molecule has 2 nitrogen and oxygen atoms in total. The van der Waals surface area contributed by atoms with Crippen molar-refractivity contribution in [1.82, 2.24) is 0 Å². The van der Waals surface area contributed by atoms with E-state index in [-0.39, 0.29) is 11.8 Å². The van der Waals surface area contributed by atoms with Gasteiger partial charge >= 0.3 is 0 Å². The fraction of sp³-hybridized carbons (Fsp3) is 0.174. The second-order valence-corrected chi connectivity index (χ2v) is 7.31. The lowest BCUT2D eigenvalue weighted by Crippen LogP contribution is -2.16. The summed E-state index contributed by atoms with van der Waals surface area (Å²) < 4.78 is 0. The highest BCUT2D eigenvalue weighted by atomic mass is 35.5. The Bertz CT molecular complexity index is 887. The zero-order valence-corrected chi connectivity index (χ0v) is 16.6. The van der Waals surface area contributed by atoms with Crippen molar-refractivity contribution in [2.45, 2.75) is 25.8 Å². The van der Waals surface area contributed by atoms with Gasteiger partial charge in [-0.3, -0.25) is 4.79 Å². The molecule has 1 atom stereocenters. The van der Waals surface area contributed by atoms with E-state index >= 15 is 0 Å². The summed E-state index contributed by atoms with van der Waals surface area (Å²) >= 11 is 11.9. The van der Waals surface area contributed by atoms with E-state index < -0.39 is 0 Å². The van der Waals surface area contributed by atoms with Gasteiger partial charge in [0.15, 0.2) is 5.78 Å². The minimum absolute atomic E-state index is 0.0673. The first-order valence-electron chi connectivity index (χ1n) is 8.95. The lowest BCUT2D eigenvalue weighted by molar-refractivity contribution is 0.0976. The van der Waals surface area contributed by atoms with E-state index in [0.717, 1.165) is 17.7 Å². The number of carbonyl (C=O) groups is 1. The molecule has 138 valence electrons. The van der Waals surface area contributed by atoms with Crippen LogP contribution in [0.1, 0.15) is 40.9 Å². The SMILES string of the molecule is CCc1ccc([C@@H](CC(=O)c2ccc(Cl)cc2)Nc2ccc(Cl)cc2)cc1. The molecule has 3 rings (SSSR count). The molecule has 3 aromatic rings. The van der Waals surface area contributed by atoms with Crippen molar-refractivity contribution in [3.05, 3.63) is 99.5 Å². The van der Waals surface area contributed by atoms with E-state index in [4.69, 9.17) is 23.2 Å². The highest BCUT2D eigenvalue weighted by molar-refractivity contribution is 6.31. The van der Waals surface area contributed by atoms with Crippen LogP contribution in [0.5, 0.6) is 0 Å². The Hall–Kier alpha value is -2.29. The highest BCUT2D eigenvalue weighted by Crippen LogP contribution is 2.26. The topological polar surface area (TPSA) is 29.1 Å². The van der Waals surface area contributed by atoms with Crippen molar-refractivity contribution < 1.29 is 4.79 Å². The summed E-state index contributed by atoms with van der Waals surface area (Å²) in [6, 6.07) is 22.8. The van der Waals surface area contributed by atoms with E-state index in [9.17, 15) is 4.79 Å². The molecule has 27 heavy (non-hydrogen) atoms. The Morgan fingerprint density at radius 2 is 1.41 bits per heavy atom. The average Bonchev–Trinajstić information content (AvgIpc) is 2.69. The van der Waals surface area contributed by atoms with E-state index in [2.05, 4.69) is 36.5 Å². The maximum Gasteiger partial charge on any atom is 0.165 e. The van der Waals surface area contributed by atoms with Gasteiger partial charge in [-0.1, -0.05) is 54.4 Å². The fourth-order valence-electron chi connectivity index (χ4n) is 2.92. The fourth-order valence-corrected chi connectivity index (χ4v) is 3.18. The number of ketones is 1. The molecule has 0 amide bonds. The van der Waals surface area contributed by atoms with Gasteiger partial charge in [0.1, 0.15) is 0 Å². The van der Waals surface area contributed by atoms with Crippen molar-refractivity contribution in [2.75, 3.05) is 5.32 Å². The summed E-state index contributed by atoms with van der Waals surface area (Å²) in [5.74, 6) is 0.0673. The van der Waals surface area contributed by atoms with Crippen molar-refractivity contribution in [2.24, 2.45) is 0 Å². The number of halogens is 2. The normalized spacial score (nSPS) is 11.8. The van der Waals surface area contributed by atoms with Gasteiger partial charge in [0, 0.05) is 27.7 Å². The second kappa shape index (κ2) is 9.07. The minimum atomic E-state index is -0.139. The highest BCUT2D eigenvalue weighted by Gasteiger charge is 2.17. The van der Waals surface area contributed by atoms with Crippen molar-refractivity contribution in [3.8, 4) is 0 Å². The zero-order valence-electron chi connectivity index (χ0n) is 15.1.